The quantitative estimate of drug-likeness (QED) is 0.882. The lowest BCUT2D eigenvalue weighted by Crippen LogP contribution is -2.22. The molecule has 5 nitrogen and oxygen atoms in total. The van der Waals surface area contributed by atoms with Crippen molar-refractivity contribution < 1.29 is 0 Å². The fraction of sp³-hybridized carbons (Fsp3) is 0.438. The predicted octanol–water partition coefficient (Wildman–Crippen LogP) is 2.43. The monoisotopic (exact) mass is 283 g/mol. The summed E-state index contributed by atoms with van der Waals surface area (Å²) < 4.78 is 0. The minimum absolute atomic E-state index is 0.571. The van der Waals surface area contributed by atoms with Crippen LogP contribution in [0.2, 0.25) is 0 Å². The van der Waals surface area contributed by atoms with Crippen molar-refractivity contribution in [3.63, 3.8) is 0 Å². The van der Waals surface area contributed by atoms with Gasteiger partial charge in [0.1, 0.15) is 5.82 Å². The van der Waals surface area contributed by atoms with E-state index in [1.807, 2.05) is 25.4 Å². The van der Waals surface area contributed by atoms with Gasteiger partial charge >= 0.3 is 0 Å². The molecule has 0 atom stereocenters. The fourth-order valence-corrected chi connectivity index (χ4v) is 2.18. The van der Waals surface area contributed by atoms with Crippen LogP contribution in [0.15, 0.2) is 30.6 Å². The Hall–Kier alpha value is -2.17. The van der Waals surface area contributed by atoms with Gasteiger partial charge in [0.05, 0.1) is 0 Å². The third kappa shape index (κ3) is 3.90. The molecule has 1 N–H and O–H groups in total. The molecule has 0 saturated heterocycles. The molecule has 0 unspecified atom stereocenters. The van der Waals surface area contributed by atoms with E-state index in [0.717, 1.165) is 30.4 Å². The smallest absolute Gasteiger partial charge is 0.225 e. The van der Waals surface area contributed by atoms with Gasteiger partial charge in [-0.3, -0.25) is 4.98 Å². The van der Waals surface area contributed by atoms with E-state index >= 15 is 0 Å². The number of aromatic nitrogens is 3. The van der Waals surface area contributed by atoms with Crippen LogP contribution in [0.1, 0.15) is 24.1 Å². The molecule has 0 aliphatic heterocycles. The van der Waals surface area contributed by atoms with Crippen molar-refractivity contribution in [2.24, 2.45) is 0 Å². The van der Waals surface area contributed by atoms with Crippen LogP contribution >= 0.6 is 0 Å². The molecule has 110 valence electrons. The summed E-state index contributed by atoms with van der Waals surface area (Å²) in [4.78, 5) is 15.3. The van der Waals surface area contributed by atoms with Gasteiger partial charge in [0.25, 0.3) is 0 Å². The molecule has 1 fully saturated rings. The molecule has 1 saturated carbocycles. The average molecular weight is 283 g/mol. The Morgan fingerprint density at radius 3 is 2.71 bits per heavy atom. The molecule has 0 amide bonds. The van der Waals surface area contributed by atoms with Gasteiger partial charge in [0, 0.05) is 43.8 Å². The van der Waals surface area contributed by atoms with E-state index in [2.05, 4.69) is 44.3 Å². The van der Waals surface area contributed by atoms with Crippen molar-refractivity contribution in [1.29, 1.82) is 0 Å². The van der Waals surface area contributed by atoms with E-state index in [4.69, 9.17) is 0 Å². The van der Waals surface area contributed by atoms with Crippen molar-refractivity contribution in [1.82, 2.24) is 15.0 Å². The first kappa shape index (κ1) is 13.8. The van der Waals surface area contributed by atoms with Gasteiger partial charge in [-0.05, 0) is 43.9 Å². The standard InChI is InChI=1S/C16H21N5/c1-12-11-15(20-16(18-12)19-14-3-4-14)21(2)10-7-13-5-8-17-9-6-13/h5-6,8-9,11,14H,3-4,7,10H2,1-2H3,(H,18,19,20). The highest BCUT2D eigenvalue weighted by Crippen LogP contribution is 2.24. The summed E-state index contributed by atoms with van der Waals surface area (Å²) in [5.74, 6) is 1.72. The van der Waals surface area contributed by atoms with Gasteiger partial charge in [0.2, 0.25) is 5.95 Å². The molecule has 1 aliphatic carbocycles. The average Bonchev–Trinajstić information content (AvgIpc) is 3.29. The Labute approximate surface area is 125 Å². The summed E-state index contributed by atoms with van der Waals surface area (Å²) in [6, 6.07) is 6.71. The van der Waals surface area contributed by atoms with Gasteiger partial charge in [-0.2, -0.15) is 4.98 Å². The molecule has 21 heavy (non-hydrogen) atoms. The summed E-state index contributed by atoms with van der Waals surface area (Å²) in [5, 5.41) is 3.37. The Kier molecular flexibility index (Phi) is 3.99. The first-order valence-corrected chi connectivity index (χ1v) is 7.43. The van der Waals surface area contributed by atoms with E-state index in [-0.39, 0.29) is 0 Å². The Morgan fingerprint density at radius 2 is 2.00 bits per heavy atom. The number of anilines is 2. The molecule has 0 radical (unpaired) electrons. The second-order valence-electron chi connectivity index (χ2n) is 5.64. The number of nitrogens with one attached hydrogen (secondary N) is 1. The van der Waals surface area contributed by atoms with Crippen molar-refractivity contribution in [3.05, 3.63) is 41.9 Å². The molecule has 3 rings (SSSR count). The van der Waals surface area contributed by atoms with Crippen LogP contribution in [0.5, 0.6) is 0 Å². The van der Waals surface area contributed by atoms with Crippen molar-refractivity contribution in [3.8, 4) is 0 Å². The van der Waals surface area contributed by atoms with E-state index < -0.39 is 0 Å². The number of hydrogen-bond acceptors (Lipinski definition) is 5. The SMILES string of the molecule is Cc1cc(N(C)CCc2ccncc2)nc(NC2CC2)n1. The number of rotatable bonds is 6. The Bertz CT molecular complexity index is 595. The van der Waals surface area contributed by atoms with Crippen LogP contribution < -0.4 is 10.2 Å². The maximum absolute atomic E-state index is 4.62. The van der Waals surface area contributed by atoms with Gasteiger partial charge in [-0.25, -0.2) is 4.98 Å². The van der Waals surface area contributed by atoms with Crippen LogP contribution in [0.25, 0.3) is 0 Å². The first-order valence-electron chi connectivity index (χ1n) is 7.43. The minimum atomic E-state index is 0.571. The fourth-order valence-electron chi connectivity index (χ4n) is 2.18. The zero-order valence-corrected chi connectivity index (χ0v) is 12.6. The molecule has 1 aliphatic rings. The van der Waals surface area contributed by atoms with Gasteiger partial charge in [0.15, 0.2) is 0 Å². The summed E-state index contributed by atoms with van der Waals surface area (Å²) in [5.41, 5.74) is 2.29. The molecule has 0 aromatic carbocycles. The molecular weight excluding hydrogens is 262 g/mol. The maximum Gasteiger partial charge on any atom is 0.225 e. The van der Waals surface area contributed by atoms with Crippen LogP contribution in [0.4, 0.5) is 11.8 Å². The lowest BCUT2D eigenvalue weighted by Gasteiger charge is -2.19. The van der Waals surface area contributed by atoms with Gasteiger partial charge in [-0.15, -0.1) is 0 Å². The van der Waals surface area contributed by atoms with E-state index in [1.54, 1.807) is 0 Å². The van der Waals surface area contributed by atoms with Crippen LogP contribution in [0.3, 0.4) is 0 Å². The molecule has 0 bridgehead atoms. The van der Waals surface area contributed by atoms with Crippen molar-refractivity contribution >= 4 is 11.8 Å². The predicted molar refractivity (Wildman–Crippen MR) is 84.6 cm³/mol. The highest BCUT2D eigenvalue weighted by Gasteiger charge is 2.22. The summed E-state index contributed by atoms with van der Waals surface area (Å²) in [6.45, 7) is 2.93. The highest BCUT2D eigenvalue weighted by molar-refractivity contribution is 5.45. The molecule has 2 heterocycles. The summed E-state index contributed by atoms with van der Waals surface area (Å²) >= 11 is 0. The molecular formula is C16H21N5. The Morgan fingerprint density at radius 1 is 1.24 bits per heavy atom. The zero-order valence-electron chi connectivity index (χ0n) is 12.6. The summed E-state index contributed by atoms with van der Waals surface area (Å²) in [7, 11) is 2.07. The van der Waals surface area contributed by atoms with Crippen LogP contribution in [-0.2, 0) is 6.42 Å². The van der Waals surface area contributed by atoms with E-state index in [0.29, 0.717) is 6.04 Å². The van der Waals surface area contributed by atoms with Crippen LogP contribution in [-0.4, -0.2) is 34.6 Å². The number of hydrogen-bond donors (Lipinski definition) is 1. The third-order valence-corrected chi connectivity index (χ3v) is 3.63. The molecule has 0 spiro atoms. The normalized spacial score (nSPS) is 14.0. The lowest BCUT2D eigenvalue weighted by atomic mass is 10.2. The lowest BCUT2D eigenvalue weighted by molar-refractivity contribution is 0.850. The Balaban J connectivity index is 1.65. The molecule has 2 aromatic heterocycles. The second kappa shape index (κ2) is 6.08. The maximum atomic E-state index is 4.62. The number of aryl methyl sites for hydroxylation is 1. The third-order valence-electron chi connectivity index (χ3n) is 3.63. The zero-order chi connectivity index (χ0) is 14.7. The minimum Gasteiger partial charge on any atom is -0.359 e. The molecule has 2 aromatic rings. The van der Waals surface area contributed by atoms with E-state index in [9.17, 15) is 0 Å². The van der Waals surface area contributed by atoms with Crippen LogP contribution in [0, 0.1) is 6.92 Å². The number of pyridine rings is 1. The first-order chi connectivity index (χ1) is 10.2. The molecule has 5 heteroatoms. The van der Waals surface area contributed by atoms with Crippen molar-refractivity contribution in [2.45, 2.75) is 32.2 Å². The van der Waals surface area contributed by atoms with E-state index in [1.165, 1.54) is 18.4 Å². The van der Waals surface area contributed by atoms with Gasteiger partial charge < -0.3 is 10.2 Å². The highest BCUT2D eigenvalue weighted by atomic mass is 15.2. The summed E-state index contributed by atoms with van der Waals surface area (Å²) in [6.07, 6.45) is 7.10. The van der Waals surface area contributed by atoms with Crippen molar-refractivity contribution in [2.75, 3.05) is 23.8 Å². The topological polar surface area (TPSA) is 53.9 Å². The largest absolute Gasteiger partial charge is 0.359 e. The number of likely N-dealkylation sites (N-methyl/N-ethyl adjacent to an activating group) is 1. The van der Waals surface area contributed by atoms with Gasteiger partial charge in [-0.1, -0.05) is 0 Å². The number of nitrogens with zero attached hydrogens (tertiary/aromatic N) is 4. The second-order valence-corrected chi connectivity index (χ2v) is 5.64.